The molecule has 1 heterocycles. The van der Waals surface area contributed by atoms with E-state index in [0.717, 1.165) is 11.3 Å². The van der Waals surface area contributed by atoms with E-state index in [9.17, 15) is 9.59 Å². The summed E-state index contributed by atoms with van der Waals surface area (Å²) in [4.78, 5) is 28.2. The molecule has 0 unspecified atom stereocenters. The Morgan fingerprint density at radius 3 is 2.19 bits per heavy atom. The summed E-state index contributed by atoms with van der Waals surface area (Å²) in [6.45, 7) is 6.25. The van der Waals surface area contributed by atoms with Crippen LogP contribution in [0, 0.1) is 6.92 Å². The maximum Gasteiger partial charge on any atom is 0.282 e. The lowest BCUT2D eigenvalue weighted by Gasteiger charge is -2.16. The molecular weight excluding hydrogens is 400 g/mol. The first-order valence-electron chi connectivity index (χ1n) is 10.6. The number of amides is 2. The van der Waals surface area contributed by atoms with Gasteiger partial charge in [-0.15, -0.1) is 0 Å². The van der Waals surface area contributed by atoms with Gasteiger partial charge < -0.3 is 10.1 Å². The maximum atomic E-state index is 13.5. The van der Waals surface area contributed by atoms with E-state index in [1.54, 1.807) is 31.4 Å². The standard InChI is InChI=1S/C27H26N2O3/c1-17(2)19-12-14-21(15-13-19)28-25-24(20-10-8-18(3)9-11-20)26(30)29(27(25)31)22-6-5-7-23(16-22)32-4/h5-17,28H,1-4H3. The number of methoxy groups -OCH3 is 1. The number of rotatable bonds is 6. The second kappa shape index (κ2) is 8.71. The van der Waals surface area contributed by atoms with E-state index in [-0.39, 0.29) is 11.6 Å². The third-order valence-electron chi connectivity index (χ3n) is 5.58. The van der Waals surface area contributed by atoms with Crippen molar-refractivity contribution in [1.29, 1.82) is 0 Å². The number of ether oxygens (including phenoxy) is 1. The largest absolute Gasteiger partial charge is 0.497 e. The number of nitrogens with zero attached hydrogens (tertiary/aromatic N) is 1. The van der Waals surface area contributed by atoms with Crippen molar-refractivity contribution in [3.8, 4) is 5.75 Å². The zero-order valence-corrected chi connectivity index (χ0v) is 18.7. The molecule has 4 rings (SSSR count). The molecule has 0 fully saturated rings. The highest BCUT2D eigenvalue weighted by atomic mass is 16.5. The zero-order valence-electron chi connectivity index (χ0n) is 18.7. The van der Waals surface area contributed by atoms with Crippen molar-refractivity contribution in [2.75, 3.05) is 17.3 Å². The van der Waals surface area contributed by atoms with Crippen LogP contribution in [0.4, 0.5) is 11.4 Å². The van der Waals surface area contributed by atoms with Crippen LogP contribution in [0.2, 0.25) is 0 Å². The number of nitrogens with one attached hydrogen (secondary N) is 1. The Kier molecular flexibility index (Phi) is 5.82. The van der Waals surface area contributed by atoms with E-state index >= 15 is 0 Å². The van der Waals surface area contributed by atoms with Crippen LogP contribution in [0.1, 0.15) is 36.5 Å². The van der Waals surface area contributed by atoms with Crippen molar-refractivity contribution in [2.45, 2.75) is 26.7 Å². The lowest BCUT2D eigenvalue weighted by molar-refractivity contribution is -0.120. The lowest BCUT2D eigenvalue weighted by atomic mass is 10.0. The molecule has 2 amide bonds. The molecule has 0 saturated heterocycles. The van der Waals surface area contributed by atoms with Gasteiger partial charge in [-0.3, -0.25) is 9.59 Å². The summed E-state index contributed by atoms with van der Waals surface area (Å²) in [5.74, 6) is 0.218. The van der Waals surface area contributed by atoms with Crippen molar-refractivity contribution in [3.05, 3.63) is 95.2 Å². The molecule has 5 heteroatoms. The number of aryl methyl sites for hydroxylation is 1. The van der Waals surface area contributed by atoms with Crippen LogP contribution in [-0.2, 0) is 9.59 Å². The summed E-state index contributed by atoms with van der Waals surface area (Å²) in [6.07, 6.45) is 0. The number of hydrogen-bond acceptors (Lipinski definition) is 4. The van der Waals surface area contributed by atoms with Gasteiger partial charge in [0.25, 0.3) is 11.8 Å². The number of imide groups is 1. The lowest BCUT2D eigenvalue weighted by Crippen LogP contribution is -2.32. The van der Waals surface area contributed by atoms with Gasteiger partial charge in [0.2, 0.25) is 0 Å². The van der Waals surface area contributed by atoms with E-state index in [1.165, 1.54) is 10.5 Å². The summed E-state index contributed by atoms with van der Waals surface area (Å²) in [5, 5.41) is 3.22. The fourth-order valence-corrected chi connectivity index (χ4v) is 3.71. The third-order valence-corrected chi connectivity index (χ3v) is 5.58. The fourth-order valence-electron chi connectivity index (χ4n) is 3.71. The van der Waals surface area contributed by atoms with Crippen molar-refractivity contribution >= 4 is 28.8 Å². The van der Waals surface area contributed by atoms with Crippen LogP contribution >= 0.6 is 0 Å². The summed E-state index contributed by atoms with van der Waals surface area (Å²) in [5.41, 5.74) is 4.81. The van der Waals surface area contributed by atoms with Crippen molar-refractivity contribution in [1.82, 2.24) is 0 Å². The number of carbonyl (C=O) groups is 2. The highest BCUT2D eigenvalue weighted by Crippen LogP contribution is 2.35. The van der Waals surface area contributed by atoms with E-state index in [4.69, 9.17) is 4.74 Å². The number of carbonyl (C=O) groups excluding carboxylic acids is 2. The van der Waals surface area contributed by atoms with Crippen LogP contribution in [0.3, 0.4) is 0 Å². The molecule has 0 aliphatic carbocycles. The summed E-state index contributed by atoms with van der Waals surface area (Å²) < 4.78 is 5.28. The molecule has 0 bridgehead atoms. The Morgan fingerprint density at radius 2 is 1.56 bits per heavy atom. The minimum atomic E-state index is -0.397. The highest BCUT2D eigenvalue weighted by molar-refractivity contribution is 6.46. The Bertz CT molecular complexity index is 1190. The van der Waals surface area contributed by atoms with Gasteiger partial charge in [-0.1, -0.05) is 61.9 Å². The molecule has 0 saturated carbocycles. The Morgan fingerprint density at radius 1 is 0.875 bits per heavy atom. The smallest absolute Gasteiger partial charge is 0.282 e. The first kappa shape index (κ1) is 21.4. The Labute approximate surface area is 188 Å². The molecule has 1 N–H and O–H groups in total. The van der Waals surface area contributed by atoms with Gasteiger partial charge in [-0.25, -0.2) is 4.90 Å². The van der Waals surface area contributed by atoms with Gasteiger partial charge in [0.1, 0.15) is 11.4 Å². The average molecular weight is 427 g/mol. The minimum Gasteiger partial charge on any atom is -0.497 e. The molecule has 0 spiro atoms. The molecule has 1 aliphatic heterocycles. The molecule has 3 aromatic rings. The van der Waals surface area contributed by atoms with Gasteiger partial charge >= 0.3 is 0 Å². The molecule has 32 heavy (non-hydrogen) atoms. The summed E-state index contributed by atoms with van der Waals surface area (Å²) in [6, 6.07) is 22.5. The van der Waals surface area contributed by atoms with E-state index < -0.39 is 5.91 Å². The Balaban J connectivity index is 1.78. The van der Waals surface area contributed by atoms with Crippen LogP contribution < -0.4 is 15.0 Å². The summed E-state index contributed by atoms with van der Waals surface area (Å²) >= 11 is 0. The first-order chi connectivity index (χ1) is 15.4. The predicted octanol–water partition coefficient (Wildman–Crippen LogP) is 5.52. The monoisotopic (exact) mass is 426 g/mol. The van der Waals surface area contributed by atoms with Crippen molar-refractivity contribution < 1.29 is 14.3 Å². The van der Waals surface area contributed by atoms with Crippen LogP contribution in [0.25, 0.3) is 5.57 Å². The van der Waals surface area contributed by atoms with E-state index in [0.29, 0.717) is 28.5 Å². The number of hydrogen-bond donors (Lipinski definition) is 1. The van der Waals surface area contributed by atoms with Gasteiger partial charge in [-0.2, -0.15) is 0 Å². The molecule has 5 nitrogen and oxygen atoms in total. The second-order valence-electron chi connectivity index (χ2n) is 8.16. The molecule has 3 aromatic carbocycles. The normalized spacial score (nSPS) is 13.8. The second-order valence-corrected chi connectivity index (χ2v) is 8.16. The maximum absolute atomic E-state index is 13.5. The summed E-state index contributed by atoms with van der Waals surface area (Å²) in [7, 11) is 1.55. The molecule has 162 valence electrons. The molecule has 0 aromatic heterocycles. The Hall–Kier alpha value is -3.86. The first-order valence-corrected chi connectivity index (χ1v) is 10.6. The number of anilines is 2. The fraction of sp³-hybridized carbons (Fsp3) is 0.185. The molecular formula is C27H26N2O3. The van der Waals surface area contributed by atoms with E-state index in [1.807, 2.05) is 55.5 Å². The topological polar surface area (TPSA) is 58.6 Å². The minimum absolute atomic E-state index is 0.263. The van der Waals surface area contributed by atoms with Crippen molar-refractivity contribution in [3.63, 3.8) is 0 Å². The van der Waals surface area contributed by atoms with Gasteiger partial charge in [0, 0.05) is 11.8 Å². The van der Waals surface area contributed by atoms with Crippen LogP contribution in [-0.4, -0.2) is 18.9 Å². The van der Waals surface area contributed by atoms with Crippen LogP contribution in [0.15, 0.2) is 78.5 Å². The zero-order chi connectivity index (χ0) is 22.8. The van der Waals surface area contributed by atoms with Crippen LogP contribution in [0.5, 0.6) is 5.75 Å². The van der Waals surface area contributed by atoms with Crippen molar-refractivity contribution in [2.24, 2.45) is 0 Å². The average Bonchev–Trinajstić information content (AvgIpc) is 3.04. The van der Waals surface area contributed by atoms with Gasteiger partial charge in [0.05, 0.1) is 18.4 Å². The SMILES string of the molecule is COc1cccc(N2C(=O)C(Nc3ccc(C(C)C)cc3)=C(c3ccc(C)cc3)C2=O)c1. The highest BCUT2D eigenvalue weighted by Gasteiger charge is 2.40. The van der Waals surface area contributed by atoms with Gasteiger partial charge in [0.15, 0.2) is 0 Å². The third kappa shape index (κ3) is 4.02. The van der Waals surface area contributed by atoms with E-state index in [2.05, 4.69) is 19.2 Å². The predicted molar refractivity (Wildman–Crippen MR) is 128 cm³/mol. The number of benzene rings is 3. The molecule has 0 atom stereocenters. The molecule has 0 radical (unpaired) electrons. The molecule has 1 aliphatic rings. The quantitative estimate of drug-likeness (QED) is 0.527. The van der Waals surface area contributed by atoms with Gasteiger partial charge in [-0.05, 0) is 48.2 Å².